The van der Waals surface area contributed by atoms with Crippen molar-refractivity contribution in [1.82, 2.24) is 4.90 Å². The largest absolute Gasteiger partial charge is 0.299 e. The summed E-state index contributed by atoms with van der Waals surface area (Å²) in [5.41, 5.74) is 3.77. The molecule has 0 amide bonds. The lowest BCUT2D eigenvalue weighted by Gasteiger charge is -2.56. The van der Waals surface area contributed by atoms with E-state index in [9.17, 15) is 0 Å². The Bertz CT molecular complexity index is 504. The van der Waals surface area contributed by atoms with Crippen molar-refractivity contribution in [2.75, 3.05) is 13.1 Å². The van der Waals surface area contributed by atoms with Gasteiger partial charge in [-0.05, 0) is 61.6 Å². The fourth-order valence-corrected chi connectivity index (χ4v) is 5.06. The van der Waals surface area contributed by atoms with E-state index in [1.807, 2.05) is 0 Å². The predicted octanol–water partition coefficient (Wildman–Crippen LogP) is 4.01. The number of hydrogen-bond acceptors (Lipinski definition) is 1. The molecule has 20 heavy (non-hydrogen) atoms. The van der Waals surface area contributed by atoms with Crippen molar-refractivity contribution in [1.29, 1.82) is 0 Å². The van der Waals surface area contributed by atoms with E-state index < -0.39 is 0 Å². The van der Waals surface area contributed by atoms with Crippen molar-refractivity contribution in [3.05, 3.63) is 35.4 Å². The van der Waals surface area contributed by atoms with Gasteiger partial charge in [-0.15, -0.1) is 0 Å². The van der Waals surface area contributed by atoms with Crippen LogP contribution in [0.15, 0.2) is 24.3 Å². The van der Waals surface area contributed by atoms with E-state index in [1.54, 1.807) is 11.1 Å². The van der Waals surface area contributed by atoms with Crippen LogP contribution in [0.5, 0.6) is 0 Å². The summed E-state index contributed by atoms with van der Waals surface area (Å²) in [6.45, 7) is 7.64. The summed E-state index contributed by atoms with van der Waals surface area (Å²) < 4.78 is 0. The third kappa shape index (κ3) is 1.79. The van der Waals surface area contributed by atoms with E-state index in [0.717, 1.165) is 17.9 Å². The van der Waals surface area contributed by atoms with Gasteiger partial charge in [-0.2, -0.15) is 0 Å². The normalized spacial score (nSPS) is 36.7. The second-order valence-electron chi connectivity index (χ2n) is 7.42. The first-order valence-corrected chi connectivity index (χ1v) is 8.57. The Morgan fingerprint density at radius 3 is 2.80 bits per heavy atom. The SMILES string of the molecule is CC[C@]12CCN(CC3CC3)[C@H](Cc3ccccc31)[C@H]2C. The zero-order chi connectivity index (χ0) is 13.7. The average molecular weight is 269 g/mol. The molecule has 2 bridgehead atoms. The van der Waals surface area contributed by atoms with Crippen LogP contribution in [-0.4, -0.2) is 24.0 Å². The highest BCUT2D eigenvalue weighted by Gasteiger charge is 2.50. The number of likely N-dealkylation sites (tertiary alicyclic amines) is 1. The van der Waals surface area contributed by atoms with Gasteiger partial charge in [0.05, 0.1) is 0 Å². The Balaban J connectivity index is 1.72. The van der Waals surface area contributed by atoms with Crippen LogP contribution < -0.4 is 0 Å². The highest BCUT2D eigenvalue weighted by Crippen LogP contribution is 2.51. The molecule has 0 unspecified atom stereocenters. The molecule has 1 nitrogen and oxygen atoms in total. The lowest BCUT2D eigenvalue weighted by Crippen LogP contribution is -2.59. The maximum atomic E-state index is 2.84. The minimum absolute atomic E-state index is 0.458. The van der Waals surface area contributed by atoms with Gasteiger partial charge in [-0.3, -0.25) is 4.90 Å². The van der Waals surface area contributed by atoms with E-state index in [-0.39, 0.29) is 0 Å². The second kappa shape index (κ2) is 4.59. The molecule has 1 heteroatoms. The second-order valence-corrected chi connectivity index (χ2v) is 7.42. The summed E-state index contributed by atoms with van der Waals surface area (Å²) in [4.78, 5) is 2.84. The Hall–Kier alpha value is -0.820. The molecular formula is C19H27N. The first-order valence-electron chi connectivity index (χ1n) is 8.57. The molecule has 4 rings (SSSR count). The molecule has 0 aromatic heterocycles. The maximum Gasteiger partial charge on any atom is 0.0170 e. The van der Waals surface area contributed by atoms with Gasteiger partial charge >= 0.3 is 0 Å². The molecule has 1 saturated heterocycles. The molecule has 1 aliphatic heterocycles. The van der Waals surface area contributed by atoms with Gasteiger partial charge in [-0.1, -0.05) is 38.1 Å². The molecule has 0 spiro atoms. The van der Waals surface area contributed by atoms with Crippen molar-refractivity contribution in [3.8, 4) is 0 Å². The molecule has 0 radical (unpaired) electrons. The van der Waals surface area contributed by atoms with Gasteiger partial charge in [-0.25, -0.2) is 0 Å². The summed E-state index contributed by atoms with van der Waals surface area (Å²) in [7, 11) is 0. The molecule has 2 aliphatic carbocycles. The summed E-state index contributed by atoms with van der Waals surface area (Å²) >= 11 is 0. The minimum atomic E-state index is 0.458. The number of hydrogen-bond donors (Lipinski definition) is 0. The third-order valence-electron chi connectivity index (χ3n) is 6.57. The van der Waals surface area contributed by atoms with Crippen LogP contribution in [0.4, 0.5) is 0 Å². The highest BCUT2D eigenvalue weighted by atomic mass is 15.2. The Morgan fingerprint density at radius 1 is 1.25 bits per heavy atom. The lowest BCUT2D eigenvalue weighted by molar-refractivity contribution is 0.0180. The zero-order valence-electron chi connectivity index (χ0n) is 12.9. The van der Waals surface area contributed by atoms with Gasteiger partial charge in [0.25, 0.3) is 0 Å². The van der Waals surface area contributed by atoms with Gasteiger partial charge in [0, 0.05) is 18.0 Å². The summed E-state index contributed by atoms with van der Waals surface area (Å²) in [5, 5.41) is 0. The summed E-state index contributed by atoms with van der Waals surface area (Å²) in [6, 6.07) is 10.1. The van der Waals surface area contributed by atoms with Gasteiger partial charge < -0.3 is 0 Å². The minimum Gasteiger partial charge on any atom is -0.299 e. The van der Waals surface area contributed by atoms with Crippen LogP contribution in [0.3, 0.4) is 0 Å². The third-order valence-corrected chi connectivity index (χ3v) is 6.57. The maximum absolute atomic E-state index is 2.84. The number of nitrogens with zero attached hydrogens (tertiary/aromatic N) is 1. The monoisotopic (exact) mass is 269 g/mol. The first kappa shape index (κ1) is 12.9. The summed E-state index contributed by atoms with van der Waals surface area (Å²) in [5.74, 6) is 1.84. The first-order chi connectivity index (χ1) is 9.74. The molecule has 2 fully saturated rings. The van der Waals surface area contributed by atoms with Crippen LogP contribution in [0.25, 0.3) is 0 Å². The topological polar surface area (TPSA) is 3.24 Å². The van der Waals surface area contributed by atoms with E-state index in [1.165, 1.54) is 45.2 Å². The van der Waals surface area contributed by atoms with Crippen molar-refractivity contribution >= 4 is 0 Å². The highest BCUT2D eigenvalue weighted by molar-refractivity contribution is 5.40. The van der Waals surface area contributed by atoms with Crippen molar-refractivity contribution in [2.24, 2.45) is 11.8 Å². The molecule has 1 heterocycles. The van der Waals surface area contributed by atoms with Gasteiger partial charge in [0.2, 0.25) is 0 Å². The smallest absolute Gasteiger partial charge is 0.0170 e. The summed E-state index contributed by atoms with van der Waals surface area (Å²) in [6.07, 6.45) is 6.91. The number of fused-ring (bicyclic) bond motifs is 4. The van der Waals surface area contributed by atoms with Crippen LogP contribution in [0.1, 0.15) is 50.7 Å². The number of rotatable bonds is 3. The standard InChI is InChI=1S/C19H27N/c1-3-19-10-11-20(13-15-8-9-15)18(14(19)2)12-16-6-4-5-7-17(16)19/h4-7,14-15,18H,3,8-13H2,1-2H3/t14-,18-,19-/m1/s1. The van der Waals surface area contributed by atoms with E-state index in [2.05, 4.69) is 43.0 Å². The molecule has 1 saturated carbocycles. The van der Waals surface area contributed by atoms with Crippen molar-refractivity contribution in [3.63, 3.8) is 0 Å². The zero-order valence-corrected chi connectivity index (χ0v) is 12.9. The van der Waals surface area contributed by atoms with Gasteiger partial charge in [0.1, 0.15) is 0 Å². The molecular weight excluding hydrogens is 242 g/mol. The van der Waals surface area contributed by atoms with Crippen LogP contribution in [0, 0.1) is 11.8 Å². The van der Waals surface area contributed by atoms with E-state index in [4.69, 9.17) is 0 Å². The van der Waals surface area contributed by atoms with Crippen LogP contribution >= 0.6 is 0 Å². The van der Waals surface area contributed by atoms with E-state index >= 15 is 0 Å². The molecule has 108 valence electrons. The lowest BCUT2D eigenvalue weighted by atomic mass is 9.57. The van der Waals surface area contributed by atoms with Crippen LogP contribution in [-0.2, 0) is 11.8 Å². The van der Waals surface area contributed by atoms with Crippen molar-refractivity contribution < 1.29 is 0 Å². The Morgan fingerprint density at radius 2 is 2.05 bits per heavy atom. The van der Waals surface area contributed by atoms with Crippen molar-refractivity contribution in [2.45, 2.75) is 57.4 Å². The fraction of sp³-hybridized carbons (Fsp3) is 0.684. The fourth-order valence-electron chi connectivity index (χ4n) is 5.06. The van der Waals surface area contributed by atoms with E-state index in [0.29, 0.717) is 5.41 Å². The Kier molecular flexibility index (Phi) is 2.96. The number of benzene rings is 1. The molecule has 1 aromatic carbocycles. The molecule has 1 aromatic rings. The van der Waals surface area contributed by atoms with Crippen LogP contribution in [0.2, 0.25) is 0 Å². The molecule has 3 aliphatic rings. The number of piperidine rings is 1. The Labute approximate surface area is 123 Å². The predicted molar refractivity (Wildman–Crippen MR) is 84.0 cm³/mol. The van der Waals surface area contributed by atoms with Gasteiger partial charge in [0.15, 0.2) is 0 Å². The quantitative estimate of drug-likeness (QED) is 0.801. The average Bonchev–Trinajstić information content (AvgIpc) is 3.27. The molecule has 0 N–H and O–H groups in total. The molecule has 3 atom stereocenters.